The molecule has 2 saturated heterocycles. The second kappa shape index (κ2) is 8.68. The lowest BCUT2D eigenvalue weighted by atomic mass is 10.0. The van der Waals surface area contributed by atoms with Gasteiger partial charge < -0.3 is 25.0 Å². The van der Waals surface area contributed by atoms with Crippen LogP contribution in [0, 0.1) is 5.82 Å². The Morgan fingerprint density at radius 2 is 2.03 bits per heavy atom. The summed E-state index contributed by atoms with van der Waals surface area (Å²) in [6, 6.07) is 6.22. The first-order valence-corrected chi connectivity index (χ1v) is 10.4. The van der Waals surface area contributed by atoms with Gasteiger partial charge in [-0.15, -0.1) is 0 Å². The molecule has 0 bridgehead atoms. The van der Waals surface area contributed by atoms with Crippen LogP contribution in [-0.4, -0.2) is 77.2 Å². The first-order valence-electron chi connectivity index (χ1n) is 10.4. The summed E-state index contributed by atoms with van der Waals surface area (Å²) in [6.07, 6.45) is 2.30. The van der Waals surface area contributed by atoms with Crippen molar-refractivity contribution in [1.82, 2.24) is 20.0 Å². The van der Waals surface area contributed by atoms with Gasteiger partial charge in [0.1, 0.15) is 30.0 Å². The lowest BCUT2D eigenvalue weighted by molar-refractivity contribution is -0.145. The molecule has 2 amide bonds. The number of benzene rings is 1. The highest BCUT2D eigenvalue weighted by Gasteiger charge is 2.43. The lowest BCUT2D eigenvalue weighted by Crippen LogP contribution is -2.65. The molecule has 166 valence electrons. The molecule has 3 heterocycles. The molecule has 0 aliphatic carbocycles. The molecule has 9 heteroatoms. The van der Waals surface area contributed by atoms with Crippen LogP contribution in [0.1, 0.15) is 18.9 Å². The summed E-state index contributed by atoms with van der Waals surface area (Å²) in [7, 11) is 1.98. The first-order chi connectivity index (χ1) is 14.8. The molecule has 0 spiro atoms. The molecular formula is C22H27FN4O4. The van der Waals surface area contributed by atoms with E-state index < -0.39 is 0 Å². The topological polar surface area (TPSA) is 85.3 Å². The lowest BCUT2D eigenvalue weighted by Gasteiger charge is -2.51. The average molecular weight is 430 g/mol. The Morgan fingerprint density at radius 1 is 1.29 bits per heavy atom. The Hall–Kier alpha value is -2.91. The molecule has 31 heavy (non-hydrogen) atoms. The van der Waals surface area contributed by atoms with E-state index >= 15 is 0 Å². The van der Waals surface area contributed by atoms with E-state index in [2.05, 4.69) is 17.1 Å². The van der Waals surface area contributed by atoms with E-state index in [4.69, 9.17) is 4.74 Å². The normalized spacial score (nSPS) is 28.7. The number of hydrogen-bond donors (Lipinski definition) is 2. The minimum Gasteiger partial charge on any atom is -0.507 e. The molecule has 1 aromatic carbocycles. The Kier molecular flexibility index (Phi) is 5.97. The van der Waals surface area contributed by atoms with Crippen LogP contribution in [-0.2, 0) is 20.9 Å². The molecule has 8 nitrogen and oxygen atoms in total. The third kappa shape index (κ3) is 4.28. The van der Waals surface area contributed by atoms with Crippen molar-refractivity contribution < 1.29 is 23.8 Å². The number of rotatable bonds is 3. The molecule has 3 aliphatic rings. The quantitative estimate of drug-likeness (QED) is 0.753. The second-order valence-electron chi connectivity index (χ2n) is 8.19. The number of carbonyl (C=O) groups excluding carboxylic acids is 2. The van der Waals surface area contributed by atoms with Crippen molar-refractivity contribution >= 4 is 11.8 Å². The predicted octanol–water partition coefficient (Wildman–Crippen LogP) is 1.32. The van der Waals surface area contributed by atoms with E-state index in [1.807, 2.05) is 7.05 Å². The number of carbonyl (C=O) groups is 2. The Balaban J connectivity index is 1.55. The minimum atomic E-state index is -0.342. The van der Waals surface area contributed by atoms with Gasteiger partial charge in [0.25, 0.3) is 11.8 Å². The summed E-state index contributed by atoms with van der Waals surface area (Å²) in [4.78, 5) is 31.5. The number of amides is 2. The fraction of sp³-hybridized carbons (Fsp3) is 0.455. The summed E-state index contributed by atoms with van der Waals surface area (Å²) in [6.45, 7) is 3.27. The Labute approximate surface area is 180 Å². The van der Waals surface area contributed by atoms with Gasteiger partial charge in [-0.2, -0.15) is 0 Å². The van der Waals surface area contributed by atoms with Crippen molar-refractivity contribution in [3.05, 3.63) is 58.9 Å². The van der Waals surface area contributed by atoms with Crippen LogP contribution in [0.15, 0.2) is 47.5 Å². The van der Waals surface area contributed by atoms with Gasteiger partial charge in [0.05, 0.1) is 18.7 Å². The van der Waals surface area contributed by atoms with E-state index in [1.165, 1.54) is 12.1 Å². The fourth-order valence-electron chi connectivity index (χ4n) is 4.16. The standard InChI is InChI=1S/C22H27FN4O4/c1-14-7-8-27-19(25(14)2)11-26-10-16(12-31-13-18(28)20(26)22(27)30)21(29)24-9-15-3-5-17(23)6-4-15/h3-6,10,14,19,28H,7-9,11-13H2,1-2H3,(H,24,29)/b16-10+,20-18+/t14-,19?/m0/s1. The molecule has 3 aliphatic heterocycles. The number of nitrogens with one attached hydrogen (secondary N) is 1. The highest BCUT2D eigenvalue weighted by molar-refractivity contribution is 5.96. The predicted molar refractivity (Wildman–Crippen MR) is 111 cm³/mol. The van der Waals surface area contributed by atoms with Crippen LogP contribution < -0.4 is 5.32 Å². The number of aliphatic hydroxyl groups excluding tert-OH is 1. The van der Waals surface area contributed by atoms with E-state index in [1.54, 1.807) is 28.1 Å². The molecule has 2 N–H and O–H groups in total. The minimum absolute atomic E-state index is 0.00208. The van der Waals surface area contributed by atoms with Crippen LogP contribution in [0.2, 0.25) is 0 Å². The van der Waals surface area contributed by atoms with Gasteiger partial charge in [0.2, 0.25) is 0 Å². The smallest absolute Gasteiger partial charge is 0.275 e. The zero-order valence-electron chi connectivity index (χ0n) is 17.7. The molecule has 1 unspecified atom stereocenters. The van der Waals surface area contributed by atoms with Gasteiger partial charge in [-0.1, -0.05) is 12.1 Å². The SMILES string of the molecule is C[C@H]1CCN2C(=O)/C3=C(\O)COC/C(C(=O)NCc4ccc(F)cc4)=C\N3CC2N1C. The second-order valence-corrected chi connectivity index (χ2v) is 8.19. The van der Waals surface area contributed by atoms with Crippen LogP contribution in [0.3, 0.4) is 0 Å². The summed E-state index contributed by atoms with van der Waals surface area (Å²) >= 11 is 0. The Bertz CT molecular complexity index is 930. The van der Waals surface area contributed by atoms with Crippen LogP contribution in [0.5, 0.6) is 0 Å². The van der Waals surface area contributed by atoms with E-state index in [0.29, 0.717) is 24.7 Å². The molecule has 0 saturated carbocycles. The summed E-state index contributed by atoms with van der Waals surface area (Å²) in [5, 5.41) is 13.3. The number of halogens is 1. The Morgan fingerprint density at radius 3 is 2.77 bits per heavy atom. The fourth-order valence-corrected chi connectivity index (χ4v) is 4.16. The van der Waals surface area contributed by atoms with E-state index in [9.17, 15) is 19.1 Å². The van der Waals surface area contributed by atoms with Gasteiger partial charge in [0.15, 0.2) is 0 Å². The van der Waals surface area contributed by atoms with E-state index in [-0.39, 0.29) is 55.0 Å². The molecule has 4 rings (SSSR count). The van der Waals surface area contributed by atoms with E-state index in [0.717, 1.165) is 12.0 Å². The van der Waals surface area contributed by atoms with Gasteiger partial charge in [-0.3, -0.25) is 14.5 Å². The third-order valence-corrected chi connectivity index (χ3v) is 6.16. The maximum absolute atomic E-state index is 13.2. The van der Waals surface area contributed by atoms with Crippen molar-refractivity contribution in [1.29, 1.82) is 0 Å². The monoisotopic (exact) mass is 430 g/mol. The van der Waals surface area contributed by atoms with Crippen molar-refractivity contribution in [2.75, 3.05) is 33.4 Å². The molecule has 2 atom stereocenters. The van der Waals surface area contributed by atoms with Gasteiger partial charge in [0, 0.05) is 25.3 Å². The van der Waals surface area contributed by atoms with Gasteiger partial charge >= 0.3 is 0 Å². The van der Waals surface area contributed by atoms with Crippen molar-refractivity contribution in [3.63, 3.8) is 0 Å². The van der Waals surface area contributed by atoms with Crippen LogP contribution >= 0.6 is 0 Å². The number of fused-ring (bicyclic) bond motifs is 2. The summed E-state index contributed by atoms with van der Waals surface area (Å²) < 4.78 is 18.5. The number of piperazine rings is 1. The third-order valence-electron chi connectivity index (χ3n) is 6.16. The maximum atomic E-state index is 13.2. The average Bonchev–Trinajstić information content (AvgIpc) is 2.74. The highest BCUT2D eigenvalue weighted by atomic mass is 19.1. The van der Waals surface area contributed by atoms with Crippen LogP contribution in [0.4, 0.5) is 4.39 Å². The van der Waals surface area contributed by atoms with Crippen molar-refractivity contribution in [3.8, 4) is 0 Å². The molecule has 0 aromatic heterocycles. The van der Waals surface area contributed by atoms with Gasteiger partial charge in [-0.05, 0) is 38.1 Å². The molecule has 1 aromatic rings. The molecule has 2 fully saturated rings. The van der Waals surface area contributed by atoms with Crippen molar-refractivity contribution in [2.45, 2.75) is 32.1 Å². The molecule has 0 radical (unpaired) electrons. The zero-order chi connectivity index (χ0) is 22.1. The van der Waals surface area contributed by atoms with Crippen molar-refractivity contribution in [2.24, 2.45) is 0 Å². The van der Waals surface area contributed by atoms with Crippen LogP contribution in [0.25, 0.3) is 0 Å². The molecular weight excluding hydrogens is 403 g/mol. The number of nitrogens with zero attached hydrogens (tertiary/aromatic N) is 3. The number of aliphatic hydroxyl groups is 1. The van der Waals surface area contributed by atoms with Gasteiger partial charge in [-0.25, -0.2) is 4.39 Å². The number of hydrogen-bond acceptors (Lipinski definition) is 6. The first kappa shape index (κ1) is 21.3. The maximum Gasteiger partial charge on any atom is 0.275 e. The zero-order valence-corrected chi connectivity index (χ0v) is 17.7. The number of likely N-dealkylation sites (N-methyl/N-ethyl adjacent to an activating group) is 1. The number of ether oxygens (including phenoxy) is 1. The largest absolute Gasteiger partial charge is 0.507 e. The highest BCUT2D eigenvalue weighted by Crippen LogP contribution is 2.30. The summed E-state index contributed by atoms with van der Waals surface area (Å²) in [5.74, 6) is -1.08. The summed E-state index contributed by atoms with van der Waals surface area (Å²) in [5.41, 5.74) is 1.27.